The Balaban J connectivity index is 2.18. The van der Waals surface area contributed by atoms with Gasteiger partial charge in [0.1, 0.15) is 0 Å². The first kappa shape index (κ1) is 14.2. The van der Waals surface area contributed by atoms with Gasteiger partial charge in [-0.3, -0.25) is 10.8 Å². The van der Waals surface area contributed by atoms with Crippen molar-refractivity contribution >= 4 is 26.8 Å². The molecular formula is C17H16BrN3. The minimum absolute atomic E-state index is 0.0864. The highest BCUT2D eigenvalue weighted by molar-refractivity contribution is 9.10. The van der Waals surface area contributed by atoms with E-state index in [2.05, 4.69) is 63.6 Å². The number of nitrogens with two attached hydrogens (primary N) is 1. The van der Waals surface area contributed by atoms with Gasteiger partial charge in [0, 0.05) is 21.6 Å². The number of hydrazine groups is 1. The van der Waals surface area contributed by atoms with Crippen molar-refractivity contribution in [1.29, 1.82) is 0 Å². The van der Waals surface area contributed by atoms with Crippen molar-refractivity contribution < 1.29 is 0 Å². The van der Waals surface area contributed by atoms with E-state index in [0.29, 0.717) is 0 Å². The number of benzene rings is 2. The number of fused-ring (bicyclic) bond motifs is 1. The number of para-hydroxylation sites is 1. The largest absolute Gasteiger partial charge is 0.271 e. The minimum Gasteiger partial charge on any atom is -0.271 e. The fourth-order valence-electron chi connectivity index (χ4n) is 2.67. The number of nitrogens with zero attached hydrogens (tertiary/aromatic N) is 1. The average molecular weight is 342 g/mol. The van der Waals surface area contributed by atoms with Crippen LogP contribution in [0.3, 0.4) is 0 Å². The molecular weight excluding hydrogens is 326 g/mol. The third-order valence-electron chi connectivity index (χ3n) is 3.68. The first-order valence-electron chi connectivity index (χ1n) is 6.76. The molecule has 3 N–H and O–H groups in total. The third kappa shape index (κ3) is 2.70. The van der Waals surface area contributed by atoms with Crippen LogP contribution in [0, 0.1) is 6.92 Å². The molecule has 0 aliphatic heterocycles. The topological polar surface area (TPSA) is 50.9 Å². The van der Waals surface area contributed by atoms with E-state index in [1.165, 1.54) is 5.56 Å². The smallest absolute Gasteiger partial charge is 0.0753 e. The van der Waals surface area contributed by atoms with Gasteiger partial charge in [0.2, 0.25) is 0 Å². The molecule has 0 bridgehead atoms. The van der Waals surface area contributed by atoms with E-state index in [1.54, 1.807) is 0 Å². The number of rotatable bonds is 3. The number of pyridine rings is 1. The second-order valence-corrected chi connectivity index (χ2v) is 5.94. The Kier molecular flexibility index (Phi) is 4.01. The molecule has 1 aromatic heterocycles. The quantitative estimate of drug-likeness (QED) is 0.561. The Morgan fingerprint density at radius 3 is 2.67 bits per heavy atom. The molecule has 0 saturated carbocycles. The summed E-state index contributed by atoms with van der Waals surface area (Å²) >= 11 is 3.50. The molecule has 3 aromatic rings. The molecule has 4 heteroatoms. The third-order valence-corrected chi connectivity index (χ3v) is 4.18. The van der Waals surface area contributed by atoms with E-state index >= 15 is 0 Å². The van der Waals surface area contributed by atoms with Crippen LogP contribution in [0.25, 0.3) is 10.9 Å². The van der Waals surface area contributed by atoms with Crippen molar-refractivity contribution in [1.82, 2.24) is 10.4 Å². The maximum Gasteiger partial charge on any atom is 0.0753 e. The lowest BCUT2D eigenvalue weighted by molar-refractivity contribution is 0.636. The van der Waals surface area contributed by atoms with Crippen molar-refractivity contribution in [2.75, 3.05) is 0 Å². The number of aromatic nitrogens is 1. The molecule has 21 heavy (non-hydrogen) atoms. The summed E-state index contributed by atoms with van der Waals surface area (Å²) in [7, 11) is 0. The van der Waals surface area contributed by atoms with Crippen molar-refractivity contribution in [3.63, 3.8) is 0 Å². The van der Waals surface area contributed by atoms with Gasteiger partial charge in [0.05, 0.1) is 11.6 Å². The normalized spacial score (nSPS) is 12.5. The molecule has 1 heterocycles. The summed E-state index contributed by atoms with van der Waals surface area (Å²) in [6, 6.07) is 16.3. The van der Waals surface area contributed by atoms with E-state index in [9.17, 15) is 0 Å². The molecule has 1 atom stereocenters. The number of halogens is 1. The predicted octanol–water partition coefficient (Wildman–Crippen LogP) is 3.86. The molecule has 0 amide bonds. The summed E-state index contributed by atoms with van der Waals surface area (Å²) < 4.78 is 1.07. The van der Waals surface area contributed by atoms with Gasteiger partial charge in [0.25, 0.3) is 0 Å². The SMILES string of the molecule is Cc1cc(Br)ccc1C(NN)c1cccc2cccnc12. The van der Waals surface area contributed by atoms with E-state index in [1.807, 2.05) is 24.4 Å². The van der Waals surface area contributed by atoms with E-state index < -0.39 is 0 Å². The zero-order valence-corrected chi connectivity index (χ0v) is 13.3. The van der Waals surface area contributed by atoms with Gasteiger partial charge in [-0.25, -0.2) is 5.43 Å². The van der Waals surface area contributed by atoms with Crippen LogP contribution in [-0.4, -0.2) is 4.98 Å². The summed E-state index contributed by atoms with van der Waals surface area (Å²) in [6.45, 7) is 2.09. The highest BCUT2D eigenvalue weighted by Crippen LogP contribution is 2.30. The van der Waals surface area contributed by atoms with Gasteiger partial charge in [0.15, 0.2) is 0 Å². The first-order chi connectivity index (χ1) is 10.2. The fourth-order valence-corrected chi connectivity index (χ4v) is 3.15. The first-order valence-corrected chi connectivity index (χ1v) is 7.56. The summed E-state index contributed by atoms with van der Waals surface area (Å²) in [5.41, 5.74) is 7.33. The number of hydrogen-bond donors (Lipinski definition) is 2. The summed E-state index contributed by atoms with van der Waals surface area (Å²) in [6.07, 6.45) is 1.81. The second-order valence-electron chi connectivity index (χ2n) is 5.02. The van der Waals surface area contributed by atoms with Crippen LogP contribution in [-0.2, 0) is 0 Å². The zero-order valence-electron chi connectivity index (χ0n) is 11.7. The fraction of sp³-hybridized carbons (Fsp3) is 0.118. The molecule has 3 rings (SSSR count). The molecule has 0 fully saturated rings. The molecule has 0 saturated heterocycles. The summed E-state index contributed by atoms with van der Waals surface area (Å²) in [5.74, 6) is 5.85. The Morgan fingerprint density at radius 1 is 1.10 bits per heavy atom. The van der Waals surface area contributed by atoms with E-state index in [0.717, 1.165) is 26.5 Å². The van der Waals surface area contributed by atoms with Crippen LogP contribution in [0.1, 0.15) is 22.7 Å². The maximum absolute atomic E-state index is 5.85. The van der Waals surface area contributed by atoms with Crippen molar-refractivity contribution in [3.05, 3.63) is 75.9 Å². The summed E-state index contributed by atoms with van der Waals surface area (Å²) in [4.78, 5) is 4.52. The second kappa shape index (κ2) is 5.93. The number of aryl methyl sites for hydroxylation is 1. The number of nitrogens with one attached hydrogen (secondary N) is 1. The minimum atomic E-state index is -0.0864. The lowest BCUT2D eigenvalue weighted by Gasteiger charge is -2.20. The van der Waals surface area contributed by atoms with Crippen LogP contribution < -0.4 is 11.3 Å². The average Bonchev–Trinajstić information content (AvgIpc) is 2.50. The van der Waals surface area contributed by atoms with Gasteiger partial charge in [-0.15, -0.1) is 0 Å². The highest BCUT2D eigenvalue weighted by Gasteiger charge is 2.17. The Morgan fingerprint density at radius 2 is 1.90 bits per heavy atom. The van der Waals surface area contributed by atoms with Crippen LogP contribution in [0.2, 0.25) is 0 Å². The molecule has 0 aliphatic carbocycles. The standard InChI is InChI=1S/C17H16BrN3/c1-11-10-13(18)7-8-14(11)17(21-19)15-6-2-4-12-5-3-9-20-16(12)15/h2-10,17,21H,19H2,1H3. The van der Waals surface area contributed by atoms with Crippen LogP contribution in [0.15, 0.2) is 59.2 Å². The predicted molar refractivity (Wildman–Crippen MR) is 89.8 cm³/mol. The van der Waals surface area contributed by atoms with Crippen LogP contribution >= 0.6 is 15.9 Å². The van der Waals surface area contributed by atoms with Gasteiger partial charge < -0.3 is 0 Å². The van der Waals surface area contributed by atoms with E-state index in [4.69, 9.17) is 5.84 Å². The lowest BCUT2D eigenvalue weighted by Crippen LogP contribution is -2.29. The monoisotopic (exact) mass is 341 g/mol. The molecule has 2 aromatic carbocycles. The molecule has 0 spiro atoms. The van der Waals surface area contributed by atoms with Gasteiger partial charge in [-0.1, -0.05) is 46.3 Å². The van der Waals surface area contributed by atoms with Crippen molar-refractivity contribution in [2.45, 2.75) is 13.0 Å². The molecule has 3 nitrogen and oxygen atoms in total. The van der Waals surface area contributed by atoms with Crippen LogP contribution in [0.4, 0.5) is 0 Å². The van der Waals surface area contributed by atoms with Crippen LogP contribution in [0.5, 0.6) is 0 Å². The molecule has 106 valence electrons. The van der Waals surface area contributed by atoms with Crippen molar-refractivity contribution in [3.8, 4) is 0 Å². The van der Waals surface area contributed by atoms with Gasteiger partial charge >= 0.3 is 0 Å². The zero-order chi connectivity index (χ0) is 14.8. The van der Waals surface area contributed by atoms with Gasteiger partial charge in [-0.05, 0) is 36.2 Å². The Bertz CT molecular complexity index is 781. The van der Waals surface area contributed by atoms with Crippen molar-refractivity contribution in [2.24, 2.45) is 5.84 Å². The molecule has 0 aliphatic rings. The Labute approximate surface area is 132 Å². The Hall–Kier alpha value is -1.75. The molecule has 0 radical (unpaired) electrons. The van der Waals surface area contributed by atoms with Gasteiger partial charge in [-0.2, -0.15) is 0 Å². The highest BCUT2D eigenvalue weighted by atomic mass is 79.9. The maximum atomic E-state index is 5.85. The number of hydrogen-bond acceptors (Lipinski definition) is 3. The van der Waals surface area contributed by atoms with E-state index in [-0.39, 0.29) is 6.04 Å². The lowest BCUT2D eigenvalue weighted by atomic mass is 9.94. The molecule has 1 unspecified atom stereocenters. The summed E-state index contributed by atoms with van der Waals surface area (Å²) in [5, 5.41) is 1.12.